The number of rotatable bonds is 5. The molecule has 0 aliphatic heterocycles. The Labute approximate surface area is 124 Å². The average Bonchev–Trinajstić information content (AvgIpc) is 3.26. The molecule has 2 aromatic rings. The number of hydrogen-bond donors (Lipinski definition) is 1. The van der Waals surface area contributed by atoms with E-state index in [1.165, 1.54) is 12.8 Å². The Hall–Kier alpha value is -2.23. The van der Waals surface area contributed by atoms with E-state index in [2.05, 4.69) is 5.32 Å². The summed E-state index contributed by atoms with van der Waals surface area (Å²) in [5.74, 6) is 1.36. The fourth-order valence-electron chi connectivity index (χ4n) is 2.63. The van der Waals surface area contributed by atoms with Gasteiger partial charge in [0.25, 0.3) is 5.91 Å². The molecular weight excluding hydrogens is 264 g/mol. The first-order valence-corrected chi connectivity index (χ1v) is 7.25. The van der Waals surface area contributed by atoms with Gasteiger partial charge in [0.05, 0.1) is 13.2 Å². The van der Waals surface area contributed by atoms with Gasteiger partial charge in [-0.1, -0.05) is 12.1 Å². The van der Waals surface area contributed by atoms with E-state index in [4.69, 9.17) is 4.74 Å². The Morgan fingerprint density at radius 1 is 1.29 bits per heavy atom. The maximum Gasteiger partial charge on any atom is 0.268 e. The highest BCUT2D eigenvalue weighted by Gasteiger charge is 2.33. The topological polar surface area (TPSA) is 43.3 Å². The summed E-state index contributed by atoms with van der Waals surface area (Å²) in [6.07, 6.45) is 4.22. The molecule has 1 saturated carbocycles. The van der Waals surface area contributed by atoms with Gasteiger partial charge in [-0.2, -0.15) is 0 Å². The van der Waals surface area contributed by atoms with Crippen LogP contribution in [0.2, 0.25) is 0 Å². The van der Waals surface area contributed by atoms with Gasteiger partial charge in [0.1, 0.15) is 11.4 Å². The van der Waals surface area contributed by atoms with Crippen molar-refractivity contribution in [2.75, 3.05) is 7.11 Å². The van der Waals surface area contributed by atoms with Crippen molar-refractivity contribution in [1.82, 2.24) is 9.88 Å². The fraction of sp³-hybridized carbons (Fsp3) is 0.353. The SMILES string of the molecule is COc1ccc(C(NC(=O)c2cccn2C)C2CC2)cc1. The van der Waals surface area contributed by atoms with E-state index < -0.39 is 0 Å². The smallest absolute Gasteiger partial charge is 0.268 e. The second kappa shape index (κ2) is 5.64. The molecule has 0 saturated heterocycles. The van der Waals surface area contributed by atoms with Gasteiger partial charge in [-0.05, 0) is 48.6 Å². The summed E-state index contributed by atoms with van der Waals surface area (Å²) in [6.45, 7) is 0. The zero-order chi connectivity index (χ0) is 14.8. The second-order valence-corrected chi connectivity index (χ2v) is 5.57. The molecule has 1 heterocycles. The van der Waals surface area contributed by atoms with Crippen molar-refractivity contribution in [1.29, 1.82) is 0 Å². The van der Waals surface area contributed by atoms with Crippen LogP contribution in [-0.2, 0) is 7.05 Å². The third-order valence-corrected chi connectivity index (χ3v) is 4.03. The zero-order valence-electron chi connectivity index (χ0n) is 12.4. The molecule has 3 rings (SSSR count). The summed E-state index contributed by atoms with van der Waals surface area (Å²) < 4.78 is 7.03. The minimum atomic E-state index is -0.0183. The Morgan fingerprint density at radius 3 is 2.52 bits per heavy atom. The number of benzene rings is 1. The number of aromatic nitrogens is 1. The number of aryl methyl sites for hydroxylation is 1. The molecule has 21 heavy (non-hydrogen) atoms. The molecule has 1 aliphatic rings. The van der Waals surface area contributed by atoms with Crippen molar-refractivity contribution < 1.29 is 9.53 Å². The van der Waals surface area contributed by atoms with Crippen molar-refractivity contribution in [2.24, 2.45) is 13.0 Å². The van der Waals surface area contributed by atoms with Crippen LogP contribution in [0, 0.1) is 5.92 Å². The normalized spacial score (nSPS) is 15.5. The number of nitrogens with zero attached hydrogens (tertiary/aromatic N) is 1. The van der Waals surface area contributed by atoms with Crippen LogP contribution in [-0.4, -0.2) is 17.6 Å². The van der Waals surface area contributed by atoms with Crippen LogP contribution in [0.1, 0.15) is 34.9 Å². The molecule has 0 radical (unpaired) electrons. The van der Waals surface area contributed by atoms with Gasteiger partial charge in [-0.3, -0.25) is 4.79 Å². The van der Waals surface area contributed by atoms with Crippen molar-refractivity contribution in [3.8, 4) is 5.75 Å². The summed E-state index contributed by atoms with van der Waals surface area (Å²) >= 11 is 0. The Morgan fingerprint density at radius 2 is 2.00 bits per heavy atom. The lowest BCUT2D eigenvalue weighted by Gasteiger charge is -2.19. The van der Waals surface area contributed by atoms with E-state index in [1.54, 1.807) is 7.11 Å². The number of carbonyl (C=O) groups is 1. The minimum Gasteiger partial charge on any atom is -0.497 e. The molecule has 1 unspecified atom stereocenters. The molecule has 4 nitrogen and oxygen atoms in total. The van der Waals surface area contributed by atoms with E-state index in [9.17, 15) is 4.79 Å². The van der Waals surface area contributed by atoms with E-state index in [0.29, 0.717) is 11.6 Å². The van der Waals surface area contributed by atoms with E-state index in [1.807, 2.05) is 54.2 Å². The third-order valence-electron chi connectivity index (χ3n) is 4.03. The molecule has 1 aromatic heterocycles. The largest absolute Gasteiger partial charge is 0.497 e. The molecule has 110 valence electrons. The Balaban J connectivity index is 1.78. The van der Waals surface area contributed by atoms with Gasteiger partial charge >= 0.3 is 0 Å². The number of nitrogens with one attached hydrogen (secondary N) is 1. The van der Waals surface area contributed by atoms with Crippen LogP contribution in [0.25, 0.3) is 0 Å². The number of hydrogen-bond acceptors (Lipinski definition) is 2. The maximum absolute atomic E-state index is 12.4. The predicted octanol–water partition coefficient (Wildman–Crippen LogP) is 2.91. The van der Waals surface area contributed by atoms with Crippen LogP contribution in [0.3, 0.4) is 0 Å². The zero-order valence-corrected chi connectivity index (χ0v) is 12.4. The van der Waals surface area contributed by atoms with Crippen molar-refractivity contribution in [3.63, 3.8) is 0 Å². The van der Waals surface area contributed by atoms with Crippen molar-refractivity contribution in [3.05, 3.63) is 53.9 Å². The average molecular weight is 284 g/mol. The van der Waals surface area contributed by atoms with Crippen LogP contribution >= 0.6 is 0 Å². The number of carbonyl (C=O) groups excluding carboxylic acids is 1. The molecule has 1 fully saturated rings. The molecule has 4 heteroatoms. The highest BCUT2D eigenvalue weighted by atomic mass is 16.5. The molecule has 0 spiro atoms. The first-order valence-electron chi connectivity index (χ1n) is 7.25. The molecule has 1 N–H and O–H groups in total. The first kappa shape index (κ1) is 13.7. The van der Waals surface area contributed by atoms with E-state index in [0.717, 1.165) is 11.3 Å². The molecule has 0 bridgehead atoms. The second-order valence-electron chi connectivity index (χ2n) is 5.57. The van der Waals surface area contributed by atoms with Crippen molar-refractivity contribution >= 4 is 5.91 Å². The highest BCUT2D eigenvalue weighted by molar-refractivity contribution is 5.93. The van der Waals surface area contributed by atoms with E-state index >= 15 is 0 Å². The Kier molecular flexibility index (Phi) is 3.69. The number of methoxy groups -OCH3 is 1. The van der Waals surface area contributed by atoms with Gasteiger partial charge in [0.15, 0.2) is 0 Å². The van der Waals surface area contributed by atoms with Gasteiger partial charge in [-0.15, -0.1) is 0 Å². The summed E-state index contributed by atoms with van der Waals surface area (Å²) in [6, 6.07) is 11.8. The van der Waals surface area contributed by atoms with Crippen LogP contribution in [0.15, 0.2) is 42.6 Å². The lowest BCUT2D eigenvalue weighted by Crippen LogP contribution is -2.31. The van der Waals surface area contributed by atoms with Gasteiger partial charge < -0.3 is 14.6 Å². The van der Waals surface area contributed by atoms with Crippen molar-refractivity contribution in [2.45, 2.75) is 18.9 Å². The third kappa shape index (κ3) is 2.94. The molecule has 1 aromatic carbocycles. The lowest BCUT2D eigenvalue weighted by molar-refractivity contribution is 0.0923. The molecular formula is C17H20N2O2. The van der Waals surface area contributed by atoms with Gasteiger partial charge in [0, 0.05) is 13.2 Å². The number of amides is 1. The quantitative estimate of drug-likeness (QED) is 0.917. The molecule has 1 aliphatic carbocycles. The highest BCUT2D eigenvalue weighted by Crippen LogP contribution is 2.41. The molecule has 1 atom stereocenters. The maximum atomic E-state index is 12.4. The fourth-order valence-corrected chi connectivity index (χ4v) is 2.63. The minimum absolute atomic E-state index is 0.0183. The van der Waals surface area contributed by atoms with Gasteiger partial charge in [0.2, 0.25) is 0 Å². The summed E-state index contributed by atoms with van der Waals surface area (Å²) in [5.41, 5.74) is 1.83. The van der Waals surface area contributed by atoms with Gasteiger partial charge in [-0.25, -0.2) is 0 Å². The monoisotopic (exact) mass is 284 g/mol. The summed E-state index contributed by atoms with van der Waals surface area (Å²) in [5, 5.41) is 3.18. The Bertz CT molecular complexity index is 626. The van der Waals surface area contributed by atoms with Crippen LogP contribution < -0.4 is 10.1 Å². The predicted molar refractivity (Wildman–Crippen MR) is 81.3 cm³/mol. The first-order chi connectivity index (χ1) is 10.2. The summed E-state index contributed by atoms with van der Waals surface area (Å²) in [7, 11) is 3.54. The standard InChI is InChI=1S/C17H20N2O2/c1-19-11-3-4-15(19)17(20)18-16(12-5-6-12)13-7-9-14(21-2)10-8-13/h3-4,7-12,16H,5-6H2,1-2H3,(H,18,20). The van der Waals surface area contributed by atoms with Crippen LogP contribution in [0.5, 0.6) is 5.75 Å². The van der Waals surface area contributed by atoms with Crippen LogP contribution in [0.4, 0.5) is 0 Å². The van der Waals surface area contributed by atoms with E-state index in [-0.39, 0.29) is 11.9 Å². The molecule has 1 amide bonds. The lowest BCUT2D eigenvalue weighted by atomic mass is 10.0. The number of ether oxygens (including phenoxy) is 1. The summed E-state index contributed by atoms with van der Waals surface area (Å²) in [4.78, 5) is 12.4.